The van der Waals surface area contributed by atoms with Gasteiger partial charge in [0.05, 0.1) is 17.1 Å². The third-order valence-corrected chi connectivity index (χ3v) is 5.44. The number of hydrogen-bond donors (Lipinski definition) is 0. The molecule has 5 rings (SSSR count). The Balaban J connectivity index is 1.69. The summed E-state index contributed by atoms with van der Waals surface area (Å²) in [6.45, 7) is 0. The zero-order chi connectivity index (χ0) is 19.1. The van der Waals surface area contributed by atoms with E-state index in [2.05, 4.69) is 90.5 Å². The van der Waals surface area contributed by atoms with Gasteiger partial charge >= 0.3 is 0 Å². The SMILES string of the molecule is Cn1c2ccc(-c3cccc(-c4ccccc4)c3)cc2c2ccc(C#N)cc21. The van der Waals surface area contributed by atoms with Gasteiger partial charge in [0.15, 0.2) is 0 Å². The fraction of sp³-hybridized carbons (Fsp3) is 0.0385. The molecule has 0 radical (unpaired) electrons. The minimum atomic E-state index is 0.689. The summed E-state index contributed by atoms with van der Waals surface area (Å²) < 4.78 is 2.16. The van der Waals surface area contributed by atoms with Crippen LogP contribution < -0.4 is 0 Å². The summed E-state index contributed by atoms with van der Waals surface area (Å²) in [6, 6.07) is 33.9. The number of aromatic nitrogens is 1. The van der Waals surface area contributed by atoms with Crippen molar-refractivity contribution in [3.8, 4) is 28.3 Å². The summed E-state index contributed by atoms with van der Waals surface area (Å²) in [7, 11) is 2.06. The Labute approximate surface area is 163 Å². The van der Waals surface area contributed by atoms with Crippen LogP contribution in [0, 0.1) is 11.3 Å². The molecular weight excluding hydrogens is 340 g/mol. The molecule has 0 unspecified atom stereocenters. The second-order valence-electron chi connectivity index (χ2n) is 7.08. The van der Waals surface area contributed by atoms with Gasteiger partial charge in [0.25, 0.3) is 0 Å². The van der Waals surface area contributed by atoms with Crippen molar-refractivity contribution in [2.24, 2.45) is 7.05 Å². The van der Waals surface area contributed by atoms with Crippen LogP contribution in [0.4, 0.5) is 0 Å². The lowest BCUT2D eigenvalue weighted by Gasteiger charge is -2.07. The van der Waals surface area contributed by atoms with Crippen molar-refractivity contribution in [2.75, 3.05) is 0 Å². The molecule has 1 aromatic heterocycles. The van der Waals surface area contributed by atoms with Crippen molar-refractivity contribution in [1.29, 1.82) is 5.26 Å². The average molecular weight is 358 g/mol. The van der Waals surface area contributed by atoms with E-state index in [1.807, 2.05) is 18.2 Å². The average Bonchev–Trinajstić information content (AvgIpc) is 3.05. The number of nitriles is 1. The highest BCUT2D eigenvalue weighted by Gasteiger charge is 2.10. The molecule has 28 heavy (non-hydrogen) atoms. The first-order chi connectivity index (χ1) is 13.7. The summed E-state index contributed by atoms with van der Waals surface area (Å²) in [5, 5.41) is 11.6. The lowest BCUT2D eigenvalue weighted by molar-refractivity contribution is 1.01. The maximum atomic E-state index is 9.22. The molecular formula is C26H18N2. The van der Waals surface area contributed by atoms with E-state index in [1.54, 1.807) is 0 Å². The molecule has 0 N–H and O–H groups in total. The van der Waals surface area contributed by atoms with Crippen LogP contribution in [0.2, 0.25) is 0 Å². The van der Waals surface area contributed by atoms with E-state index in [0.29, 0.717) is 5.56 Å². The predicted octanol–water partition coefficient (Wildman–Crippen LogP) is 6.54. The van der Waals surface area contributed by atoms with Crippen molar-refractivity contribution < 1.29 is 0 Å². The summed E-state index contributed by atoms with van der Waals surface area (Å²) in [5.41, 5.74) is 7.79. The number of nitrogens with zero attached hydrogens (tertiary/aromatic N) is 2. The van der Waals surface area contributed by atoms with E-state index in [4.69, 9.17) is 0 Å². The molecule has 0 saturated heterocycles. The van der Waals surface area contributed by atoms with Crippen LogP contribution in [0.1, 0.15) is 5.56 Å². The lowest BCUT2D eigenvalue weighted by atomic mass is 9.98. The van der Waals surface area contributed by atoms with Crippen molar-refractivity contribution >= 4 is 21.8 Å². The molecule has 132 valence electrons. The Hall–Kier alpha value is -3.83. The van der Waals surface area contributed by atoms with E-state index in [9.17, 15) is 5.26 Å². The van der Waals surface area contributed by atoms with Gasteiger partial charge in [-0.15, -0.1) is 0 Å². The first kappa shape index (κ1) is 16.4. The van der Waals surface area contributed by atoms with Gasteiger partial charge in [0, 0.05) is 23.3 Å². The summed E-state index contributed by atoms with van der Waals surface area (Å²) in [6.07, 6.45) is 0. The minimum absolute atomic E-state index is 0.689. The molecule has 0 saturated carbocycles. The third kappa shape index (κ3) is 2.57. The summed E-state index contributed by atoms with van der Waals surface area (Å²) in [4.78, 5) is 0. The van der Waals surface area contributed by atoms with Crippen LogP contribution in [0.25, 0.3) is 44.1 Å². The number of benzene rings is 4. The Morgan fingerprint density at radius 1 is 0.607 bits per heavy atom. The van der Waals surface area contributed by atoms with Crippen LogP contribution in [0.15, 0.2) is 91.0 Å². The van der Waals surface area contributed by atoms with Crippen molar-refractivity contribution in [2.45, 2.75) is 0 Å². The zero-order valence-corrected chi connectivity index (χ0v) is 15.6. The number of rotatable bonds is 2. The Kier molecular flexibility index (Phi) is 3.74. The number of fused-ring (bicyclic) bond motifs is 3. The van der Waals surface area contributed by atoms with E-state index >= 15 is 0 Å². The smallest absolute Gasteiger partial charge is 0.0992 e. The summed E-state index contributed by atoms with van der Waals surface area (Å²) >= 11 is 0. The van der Waals surface area contributed by atoms with Crippen LogP contribution in [0.5, 0.6) is 0 Å². The quantitative estimate of drug-likeness (QED) is 0.352. The predicted molar refractivity (Wildman–Crippen MR) is 116 cm³/mol. The van der Waals surface area contributed by atoms with E-state index in [0.717, 1.165) is 5.52 Å². The molecule has 0 aliphatic carbocycles. The maximum Gasteiger partial charge on any atom is 0.0992 e. The number of aryl methyl sites for hydroxylation is 1. The van der Waals surface area contributed by atoms with Gasteiger partial charge in [-0.3, -0.25) is 0 Å². The second kappa shape index (κ2) is 6.40. The molecule has 4 aromatic carbocycles. The monoisotopic (exact) mass is 358 g/mol. The first-order valence-electron chi connectivity index (χ1n) is 9.33. The van der Waals surface area contributed by atoms with Gasteiger partial charge in [-0.1, -0.05) is 60.7 Å². The van der Waals surface area contributed by atoms with Gasteiger partial charge in [-0.25, -0.2) is 0 Å². The molecule has 2 nitrogen and oxygen atoms in total. The van der Waals surface area contributed by atoms with Crippen LogP contribution in [-0.4, -0.2) is 4.57 Å². The standard InChI is InChI=1S/C26H18N2/c1-28-25-13-11-22(16-24(25)23-12-10-18(17-27)14-26(23)28)21-9-5-8-20(15-21)19-6-3-2-4-7-19/h2-16H,1H3. The number of hydrogen-bond acceptors (Lipinski definition) is 1. The molecule has 5 aromatic rings. The van der Waals surface area contributed by atoms with Gasteiger partial charge < -0.3 is 4.57 Å². The molecule has 1 heterocycles. The topological polar surface area (TPSA) is 28.7 Å². The Morgan fingerprint density at radius 2 is 1.32 bits per heavy atom. The van der Waals surface area contributed by atoms with E-state index in [1.165, 1.54) is 38.5 Å². The van der Waals surface area contributed by atoms with Crippen molar-refractivity contribution in [1.82, 2.24) is 4.57 Å². The van der Waals surface area contributed by atoms with Crippen molar-refractivity contribution in [3.05, 3.63) is 96.6 Å². The van der Waals surface area contributed by atoms with Crippen molar-refractivity contribution in [3.63, 3.8) is 0 Å². The maximum absolute atomic E-state index is 9.22. The Bertz CT molecular complexity index is 1370. The highest BCUT2D eigenvalue weighted by atomic mass is 14.9. The highest BCUT2D eigenvalue weighted by Crippen LogP contribution is 2.33. The fourth-order valence-electron chi connectivity index (χ4n) is 3.97. The second-order valence-corrected chi connectivity index (χ2v) is 7.08. The van der Waals surface area contributed by atoms with E-state index < -0.39 is 0 Å². The van der Waals surface area contributed by atoms with E-state index in [-0.39, 0.29) is 0 Å². The fourth-order valence-corrected chi connectivity index (χ4v) is 3.97. The van der Waals surface area contributed by atoms with Gasteiger partial charge in [0.1, 0.15) is 0 Å². The third-order valence-electron chi connectivity index (χ3n) is 5.44. The largest absolute Gasteiger partial charge is 0.344 e. The van der Waals surface area contributed by atoms with Gasteiger partial charge in [-0.05, 0) is 52.6 Å². The van der Waals surface area contributed by atoms with Crippen LogP contribution in [0.3, 0.4) is 0 Å². The highest BCUT2D eigenvalue weighted by molar-refractivity contribution is 6.09. The first-order valence-corrected chi connectivity index (χ1v) is 9.33. The molecule has 0 spiro atoms. The summed E-state index contributed by atoms with van der Waals surface area (Å²) in [5.74, 6) is 0. The van der Waals surface area contributed by atoms with Crippen LogP contribution >= 0.6 is 0 Å². The lowest BCUT2D eigenvalue weighted by Crippen LogP contribution is -1.87. The molecule has 0 aliphatic rings. The Morgan fingerprint density at radius 3 is 2.11 bits per heavy atom. The normalized spacial score (nSPS) is 11.0. The minimum Gasteiger partial charge on any atom is -0.344 e. The van der Waals surface area contributed by atoms with Crippen LogP contribution in [-0.2, 0) is 7.05 Å². The zero-order valence-electron chi connectivity index (χ0n) is 15.6. The molecule has 2 heteroatoms. The molecule has 0 bridgehead atoms. The van der Waals surface area contributed by atoms with Gasteiger partial charge in [0.2, 0.25) is 0 Å². The molecule has 0 atom stereocenters. The molecule has 0 amide bonds. The van der Waals surface area contributed by atoms with Gasteiger partial charge in [-0.2, -0.15) is 5.26 Å². The molecule has 0 aliphatic heterocycles. The molecule has 0 fully saturated rings.